The van der Waals surface area contributed by atoms with Crippen molar-refractivity contribution in [2.24, 2.45) is 7.05 Å². The molecule has 0 saturated heterocycles. The summed E-state index contributed by atoms with van der Waals surface area (Å²) < 4.78 is 35.0. The average Bonchev–Trinajstić information content (AvgIpc) is 2.97. The van der Waals surface area contributed by atoms with Crippen LogP contribution in [-0.4, -0.2) is 33.7 Å². The second-order valence-corrected chi connectivity index (χ2v) is 9.33. The average molecular weight is 378 g/mol. The van der Waals surface area contributed by atoms with Crippen LogP contribution >= 0.6 is 11.3 Å². The molecule has 0 unspecified atom stereocenters. The third-order valence-electron chi connectivity index (χ3n) is 4.19. The molecule has 1 fully saturated rings. The van der Waals surface area contributed by atoms with E-state index in [-0.39, 0.29) is 6.04 Å². The summed E-state index contributed by atoms with van der Waals surface area (Å²) in [5.74, 6) is 0.583. The van der Waals surface area contributed by atoms with E-state index in [0.29, 0.717) is 17.2 Å². The molecular formula is C16H18N4O3S2. The fraction of sp³-hybridized carbons (Fsp3) is 0.375. The van der Waals surface area contributed by atoms with Gasteiger partial charge in [-0.25, -0.2) is 8.42 Å². The monoisotopic (exact) mass is 378 g/mol. The number of hydrogen-bond acceptors (Lipinski definition) is 6. The van der Waals surface area contributed by atoms with E-state index in [2.05, 4.69) is 10.3 Å². The van der Waals surface area contributed by atoms with Gasteiger partial charge in [0, 0.05) is 42.3 Å². The first kappa shape index (κ1) is 16.5. The van der Waals surface area contributed by atoms with Crippen molar-refractivity contribution in [3.05, 3.63) is 41.2 Å². The predicted molar refractivity (Wildman–Crippen MR) is 93.5 cm³/mol. The molecular weight excluding hydrogens is 360 g/mol. The molecule has 0 bridgehead atoms. The van der Waals surface area contributed by atoms with E-state index in [0.717, 1.165) is 28.2 Å². The maximum atomic E-state index is 13.3. The van der Waals surface area contributed by atoms with Crippen molar-refractivity contribution in [3.8, 4) is 10.6 Å². The third kappa shape index (κ3) is 3.14. The van der Waals surface area contributed by atoms with Crippen molar-refractivity contribution in [1.29, 1.82) is 0 Å². The molecule has 1 aliphatic carbocycles. The van der Waals surface area contributed by atoms with Gasteiger partial charge in [0.05, 0.1) is 22.2 Å². The minimum absolute atomic E-state index is 0.0678. The molecule has 3 aromatic rings. The first-order valence-corrected chi connectivity index (χ1v) is 10.2. The summed E-state index contributed by atoms with van der Waals surface area (Å²) in [7, 11) is -1.76. The number of rotatable bonds is 6. The van der Waals surface area contributed by atoms with Crippen LogP contribution in [-0.2, 0) is 23.6 Å². The van der Waals surface area contributed by atoms with Crippen molar-refractivity contribution in [1.82, 2.24) is 19.2 Å². The number of hydrogen-bond donors (Lipinski definition) is 0. The predicted octanol–water partition coefficient (Wildman–Crippen LogP) is 2.80. The summed E-state index contributed by atoms with van der Waals surface area (Å²) in [4.78, 5) is 1.87. The number of sulfonamides is 1. The Morgan fingerprint density at radius 3 is 2.84 bits per heavy atom. The van der Waals surface area contributed by atoms with E-state index in [1.54, 1.807) is 33.5 Å². The maximum Gasteiger partial charge on any atom is 0.244 e. The van der Waals surface area contributed by atoms with Crippen LogP contribution in [0.3, 0.4) is 0 Å². The molecule has 0 atom stereocenters. The van der Waals surface area contributed by atoms with Crippen LogP contribution in [0.4, 0.5) is 0 Å². The number of aromatic nitrogens is 3. The van der Waals surface area contributed by atoms with Crippen molar-refractivity contribution >= 4 is 21.4 Å². The van der Waals surface area contributed by atoms with Gasteiger partial charge in [0.25, 0.3) is 0 Å². The van der Waals surface area contributed by atoms with Gasteiger partial charge >= 0.3 is 0 Å². The molecule has 132 valence electrons. The molecule has 7 nitrogen and oxygen atoms in total. The fourth-order valence-electron chi connectivity index (χ4n) is 2.82. The van der Waals surface area contributed by atoms with Crippen molar-refractivity contribution in [2.45, 2.75) is 37.2 Å². The summed E-state index contributed by atoms with van der Waals surface area (Å²) >= 11 is 1.40. The van der Waals surface area contributed by atoms with Gasteiger partial charge in [-0.1, -0.05) is 5.16 Å². The van der Waals surface area contributed by atoms with Gasteiger partial charge < -0.3 is 4.52 Å². The molecule has 0 N–H and O–H groups in total. The first-order valence-electron chi connectivity index (χ1n) is 7.96. The van der Waals surface area contributed by atoms with E-state index >= 15 is 0 Å². The van der Waals surface area contributed by atoms with Gasteiger partial charge in [-0.15, -0.1) is 11.3 Å². The lowest BCUT2D eigenvalue weighted by Crippen LogP contribution is -2.32. The molecule has 1 aliphatic rings. The molecule has 3 aromatic heterocycles. The fourth-order valence-corrected chi connectivity index (χ4v) is 6.01. The van der Waals surface area contributed by atoms with Gasteiger partial charge in [0.1, 0.15) is 0 Å². The lowest BCUT2D eigenvalue weighted by Gasteiger charge is -2.21. The van der Waals surface area contributed by atoms with Gasteiger partial charge in [-0.3, -0.25) is 4.68 Å². The molecule has 9 heteroatoms. The minimum Gasteiger partial charge on any atom is -0.355 e. The summed E-state index contributed by atoms with van der Waals surface area (Å²) in [5.41, 5.74) is 0.890. The van der Waals surface area contributed by atoms with Crippen LogP contribution in [0.25, 0.3) is 10.6 Å². The highest BCUT2D eigenvalue weighted by Crippen LogP contribution is 2.39. The molecule has 25 heavy (non-hydrogen) atoms. The smallest absolute Gasteiger partial charge is 0.244 e. The molecule has 0 aromatic carbocycles. The molecule has 0 amide bonds. The summed E-state index contributed by atoms with van der Waals surface area (Å²) in [5, 5.41) is 7.83. The highest BCUT2D eigenvalue weighted by atomic mass is 32.2. The highest BCUT2D eigenvalue weighted by Gasteiger charge is 2.39. The van der Waals surface area contributed by atoms with Crippen LogP contribution in [0.1, 0.15) is 23.3 Å². The van der Waals surface area contributed by atoms with Crippen molar-refractivity contribution in [2.75, 3.05) is 0 Å². The SMILES string of the molecule is Cc1sc(-c2ccno2)cc1S(=O)(=O)N(Cc1cnn(C)c1)C1CC1. The maximum absolute atomic E-state index is 13.3. The van der Waals surface area contributed by atoms with Crippen molar-refractivity contribution < 1.29 is 12.9 Å². The second-order valence-electron chi connectivity index (χ2n) is 6.21. The summed E-state index contributed by atoms with van der Waals surface area (Å²) in [6, 6.07) is 3.49. The molecule has 1 saturated carbocycles. The molecule has 4 rings (SSSR count). The lowest BCUT2D eigenvalue weighted by atomic mass is 10.3. The van der Waals surface area contributed by atoms with Gasteiger partial charge in [-0.2, -0.15) is 9.40 Å². The van der Waals surface area contributed by atoms with Crippen LogP contribution in [0.15, 0.2) is 40.1 Å². The minimum atomic E-state index is -3.58. The topological polar surface area (TPSA) is 81.2 Å². The second kappa shape index (κ2) is 6.08. The standard InChI is InChI=1S/C16H18N4O3S2/c1-11-16(7-15(24-11)14-5-6-18-23-14)25(21,22)20(13-3-4-13)10-12-8-17-19(2)9-12/h5-9,13H,3-4,10H2,1-2H3. The molecule has 0 aliphatic heterocycles. The Hall–Kier alpha value is -1.97. The summed E-state index contributed by atoms with van der Waals surface area (Å²) in [6.07, 6.45) is 6.92. The van der Waals surface area contributed by atoms with Gasteiger partial charge in [0.2, 0.25) is 10.0 Å². The Kier molecular flexibility index (Phi) is 4.01. The largest absolute Gasteiger partial charge is 0.355 e. The van der Waals surface area contributed by atoms with Crippen LogP contribution in [0.2, 0.25) is 0 Å². The Morgan fingerprint density at radius 1 is 1.44 bits per heavy atom. The number of thiophene rings is 1. The molecule has 3 heterocycles. The Balaban J connectivity index is 1.69. The normalized spacial score (nSPS) is 15.2. The highest BCUT2D eigenvalue weighted by molar-refractivity contribution is 7.89. The van der Waals surface area contributed by atoms with Gasteiger partial charge in [-0.05, 0) is 25.8 Å². The van der Waals surface area contributed by atoms with Crippen LogP contribution < -0.4 is 0 Å². The van der Waals surface area contributed by atoms with E-state index in [1.807, 2.05) is 20.2 Å². The summed E-state index contributed by atoms with van der Waals surface area (Å²) in [6.45, 7) is 2.17. The quantitative estimate of drug-likeness (QED) is 0.659. The molecule has 0 radical (unpaired) electrons. The zero-order valence-electron chi connectivity index (χ0n) is 13.9. The lowest BCUT2D eigenvalue weighted by molar-refractivity contribution is 0.398. The van der Waals surface area contributed by atoms with E-state index in [4.69, 9.17) is 4.52 Å². The third-order valence-corrected chi connectivity index (χ3v) is 7.41. The zero-order chi connectivity index (χ0) is 17.6. The van der Waals surface area contributed by atoms with Crippen LogP contribution in [0.5, 0.6) is 0 Å². The Labute approximate surface area is 149 Å². The number of aryl methyl sites for hydroxylation is 2. The Bertz CT molecular complexity index is 985. The van der Waals surface area contributed by atoms with Gasteiger partial charge in [0.15, 0.2) is 5.76 Å². The number of nitrogens with zero attached hydrogens (tertiary/aromatic N) is 4. The van der Waals surface area contributed by atoms with E-state index < -0.39 is 10.0 Å². The molecule has 0 spiro atoms. The zero-order valence-corrected chi connectivity index (χ0v) is 15.5. The van der Waals surface area contributed by atoms with Crippen LogP contribution in [0, 0.1) is 6.92 Å². The first-order chi connectivity index (χ1) is 11.9. The van der Waals surface area contributed by atoms with E-state index in [9.17, 15) is 8.42 Å². The van der Waals surface area contributed by atoms with E-state index in [1.165, 1.54) is 11.3 Å². The van der Waals surface area contributed by atoms with Crippen molar-refractivity contribution in [3.63, 3.8) is 0 Å². The Morgan fingerprint density at radius 2 is 2.24 bits per heavy atom.